The van der Waals surface area contributed by atoms with Crippen LogP contribution in [0.5, 0.6) is 0 Å². The Kier molecular flexibility index (Phi) is 4.29. The molecule has 1 aromatic carbocycles. The molecule has 0 aliphatic carbocycles. The van der Waals surface area contributed by atoms with Crippen molar-refractivity contribution in [2.24, 2.45) is 0 Å². The molecule has 0 saturated heterocycles. The molecule has 1 unspecified atom stereocenters. The lowest BCUT2D eigenvalue weighted by Crippen LogP contribution is -2.28. The molecular weight excluding hydrogens is 236 g/mol. The van der Waals surface area contributed by atoms with Crippen LogP contribution in [0.2, 0.25) is 0 Å². The summed E-state index contributed by atoms with van der Waals surface area (Å²) in [4.78, 5) is 16.2. The smallest absolute Gasteiger partial charge is 0.224 e. The molecule has 0 spiro atoms. The van der Waals surface area contributed by atoms with Crippen molar-refractivity contribution in [1.82, 2.24) is 10.3 Å². The Morgan fingerprint density at radius 3 is 2.79 bits per heavy atom. The summed E-state index contributed by atoms with van der Waals surface area (Å²) in [6.45, 7) is 3.97. The number of benzene rings is 1. The standard InChI is InChI=1S/C16H18N2O/c1-12-6-5-7-14(10-12)11-16(19)18-13(2)15-8-3-4-9-17-15/h3-10,13H,11H2,1-2H3,(H,18,19). The summed E-state index contributed by atoms with van der Waals surface area (Å²) in [5.74, 6) is 0.0174. The van der Waals surface area contributed by atoms with Gasteiger partial charge in [0.15, 0.2) is 0 Å². The van der Waals surface area contributed by atoms with Gasteiger partial charge < -0.3 is 5.32 Å². The minimum Gasteiger partial charge on any atom is -0.348 e. The molecule has 98 valence electrons. The molecule has 3 nitrogen and oxygen atoms in total. The van der Waals surface area contributed by atoms with E-state index >= 15 is 0 Å². The minimum absolute atomic E-state index is 0.0174. The molecule has 3 heteroatoms. The van der Waals surface area contributed by atoms with Crippen LogP contribution in [0, 0.1) is 6.92 Å². The van der Waals surface area contributed by atoms with Gasteiger partial charge >= 0.3 is 0 Å². The van der Waals surface area contributed by atoms with E-state index in [1.54, 1.807) is 6.20 Å². The molecule has 0 fully saturated rings. The lowest BCUT2D eigenvalue weighted by Gasteiger charge is -2.13. The molecule has 2 aromatic rings. The highest BCUT2D eigenvalue weighted by Crippen LogP contribution is 2.09. The van der Waals surface area contributed by atoms with Crippen molar-refractivity contribution in [1.29, 1.82) is 0 Å². The van der Waals surface area contributed by atoms with Crippen molar-refractivity contribution in [3.05, 3.63) is 65.5 Å². The number of amides is 1. The third-order valence-corrected chi connectivity index (χ3v) is 2.96. The topological polar surface area (TPSA) is 42.0 Å². The van der Waals surface area contributed by atoms with Gasteiger partial charge in [0.05, 0.1) is 18.2 Å². The number of nitrogens with zero attached hydrogens (tertiary/aromatic N) is 1. The number of carbonyl (C=O) groups excluding carboxylic acids is 1. The summed E-state index contributed by atoms with van der Waals surface area (Å²) in [5.41, 5.74) is 3.08. The van der Waals surface area contributed by atoms with Gasteiger partial charge in [-0.2, -0.15) is 0 Å². The van der Waals surface area contributed by atoms with E-state index in [-0.39, 0.29) is 11.9 Å². The van der Waals surface area contributed by atoms with Crippen molar-refractivity contribution in [2.75, 3.05) is 0 Å². The van der Waals surface area contributed by atoms with Gasteiger partial charge in [-0.15, -0.1) is 0 Å². The first kappa shape index (κ1) is 13.3. The lowest BCUT2D eigenvalue weighted by atomic mass is 10.1. The van der Waals surface area contributed by atoms with E-state index in [1.165, 1.54) is 5.56 Å². The molecule has 2 rings (SSSR count). The predicted octanol–water partition coefficient (Wildman–Crippen LogP) is 2.81. The minimum atomic E-state index is -0.0708. The van der Waals surface area contributed by atoms with Crippen LogP contribution in [0.15, 0.2) is 48.7 Å². The van der Waals surface area contributed by atoms with Crippen molar-refractivity contribution in [2.45, 2.75) is 26.3 Å². The predicted molar refractivity (Wildman–Crippen MR) is 75.7 cm³/mol. The number of hydrogen-bond donors (Lipinski definition) is 1. The van der Waals surface area contributed by atoms with Crippen molar-refractivity contribution in [3.63, 3.8) is 0 Å². The fourth-order valence-electron chi connectivity index (χ4n) is 2.01. The molecule has 1 atom stereocenters. The molecule has 0 saturated carbocycles. The summed E-state index contributed by atoms with van der Waals surface area (Å²) in [6, 6.07) is 13.6. The number of pyridine rings is 1. The molecule has 0 aliphatic rings. The van der Waals surface area contributed by atoms with Gasteiger partial charge in [0.1, 0.15) is 0 Å². The Morgan fingerprint density at radius 2 is 2.11 bits per heavy atom. The maximum atomic E-state index is 12.0. The van der Waals surface area contributed by atoms with Gasteiger partial charge in [0.2, 0.25) is 5.91 Å². The van der Waals surface area contributed by atoms with Crippen molar-refractivity contribution < 1.29 is 4.79 Å². The average molecular weight is 254 g/mol. The average Bonchev–Trinajstić information content (AvgIpc) is 2.39. The largest absolute Gasteiger partial charge is 0.348 e. The van der Waals surface area contributed by atoms with E-state index < -0.39 is 0 Å². The monoisotopic (exact) mass is 254 g/mol. The van der Waals surface area contributed by atoms with E-state index in [4.69, 9.17) is 0 Å². The fourth-order valence-corrected chi connectivity index (χ4v) is 2.01. The van der Waals surface area contributed by atoms with Crippen LogP contribution in [0.1, 0.15) is 29.8 Å². The number of hydrogen-bond acceptors (Lipinski definition) is 2. The van der Waals surface area contributed by atoms with Gasteiger partial charge in [0, 0.05) is 6.20 Å². The summed E-state index contributed by atoms with van der Waals surface area (Å²) in [6.07, 6.45) is 2.14. The number of rotatable bonds is 4. The third kappa shape index (κ3) is 3.91. The molecule has 0 radical (unpaired) electrons. The zero-order valence-corrected chi connectivity index (χ0v) is 11.3. The molecule has 1 N–H and O–H groups in total. The zero-order chi connectivity index (χ0) is 13.7. The third-order valence-electron chi connectivity index (χ3n) is 2.96. The first-order chi connectivity index (χ1) is 9.15. The van der Waals surface area contributed by atoms with Crippen LogP contribution in [0.4, 0.5) is 0 Å². The second-order valence-electron chi connectivity index (χ2n) is 4.71. The van der Waals surface area contributed by atoms with E-state index in [9.17, 15) is 4.79 Å². The maximum absolute atomic E-state index is 12.0. The lowest BCUT2D eigenvalue weighted by molar-refractivity contribution is -0.121. The zero-order valence-electron chi connectivity index (χ0n) is 11.3. The van der Waals surface area contributed by atoms with Gasteiger partial charge in [-0.05, 0) is 31.5 Å². The molecule has 0 aliphatic heterocycles. The van der Waals surface area contributed by atoms with E-state index in [2.05, 4.69) is 10.3 Å². The SMILES string of the molecule is Cc1cccc(CC(=O)NC(C)c2ccccn2)c1. The molecule has 19 heavy (non-hydrogen) atoms. The number of nitrogens with one attached hydrogen (secondary N) is 1. The first-order valence-electron chi connectivity index (χ1n) is 6.41. The quantitative estimate of drug-likeness (QED) is 0.911. The summed E-state index contributed by atoms with van der Waals surface area (Å²) in [7, 11) is 0. The molecule has 0 bridgehead atoms. The fraction of sp³-hybridized carbons (Fsp3) is 0.250. The van der Waals surface area contributed by atoms with Crippen LogP contribution in [0.3, 0.4) is 0 Å². The Morgan fingerprint density at radius 1 is 1.26 bits per heavy atom. The van der Waals surface area contributed by atoms with E-state index in [0.29, 0.717) is 6.42 Å². The second kappa shape index (κ2) is 6.14. The van der Waals surface area contributed by atoms with Crippen LogP contribution in [-0.4, -0.2) is 10.9 Å². The first-order valence-corrected chi connectivity index (χ1v) is 6.41. The van der Waals surface area contributed by atoms with E-state index in [1.807, 2.05) is 56.3 Å². The number of aromatic nitrogens is 1. The van der Waals surface area contributed by atoms with Crippen molar-refractivity contribution in [3.8, 4) is 0 Å². The maximum Gasteiger partial charge on any atom is 0.224 e. The molecule has 1 heterocycles. The van der Waals surface area contributed by atoms with Crippen molar-refractivity contribution >= 4 is 5.91 Å². The molecule has 1 aromatic heterocycles. The summed E-state index contributed by atoms with van der Waals surface area (Å²) >= 11 is 0. The van der Waals surface area contributed by atoms with Crippen LogP contribution in [0.25, 0.3) is 0 Å². The number of aryl methyl sites for hydroxylation is 1. The van der Waals surface area contributed by atoms with E-state index in [0.717, 1.165) is 11.3 Å². The molecule has 1 amide bonds. The Labute approximate surface area is 113 Å². The van der Waals surface area contributed by atoms with Gasteiger partial charge in [-0.25, -0.2) is 0 Å². The second-order valence-corrected chi connectivity index (χ2v) is 4.71. The number of carbonyl (C=O) groups is 1. The Hall–Kier alpha value is -2.16. The van der Waals surface area contributed by atoms with Crippen LogP contribution >= 0.6 is 0 Å². The van der Waals surface area contributed by atoms with Gasteiger partial charge in [-0.1, -0.05) is 35.9 Å². The highest BCUT2D eigenvalue weighted by atomic mass is 16.1. The molecular formula is C16H18N2O. The van der Waals surface area contributed by atoms with Crippen LogP contribution < -0.4 is 5.32 Å². The Bertz CT molecular complexity index is 552. The summed E-state index contributed by atoms with van der Waals surface area (Å²) in [5, 5.41) is 2.96. The normalized spacial score (nSPS) is 11.9. The van der Waals surface area contributed by atoms with Crippen LogP contribution in [-0.2, 0) is 11.2 Å². The highest BCUT2D eigenvalue weighted by molar-refractivity contribution is 5.78. The Balaban J connectivity index is 1.95. The van der Waals surface area contributed by atoms with Gasteiger partial charge in [0.25, 0.3) is 0 Å². The van der Waals surface area contributed by atoms with Gasteiger partial charge in [-0.3, -0.25) is 9.78 Å². The summed E-state index contributed by atoms with van der Waals surface area (Å²) < 4.78 is 0. The highest BCUT2D eigenvalue weighted by Gasteiger charge is 2.10.